The molecule has 2 aromatic rings. The first-order chi connectivity index (χ1) is 13.3. The molecule has 10 heteroatoms. The summed E-state index contributed by atoms with van der Waals surface area (Å²) in [5, 5.41) is 15.5. The number of benzene rings is 1. The molecule has 0 spiro atoms. The van der Waals surface area contributed by atoms with Crippen LogP contribution in [0.2, 0.25) is 0 Å². The molecule has 0 aliphatic carbocycles. The van der Waals surface area contributed by atoms with Crippen LogP contribution >= 0.6 is 11.3 Å². The predicted octanol–water partition coefficient (Wildman–Crippen LogP) is 3.96. The highest BCUT2D eigenvalue weighted by molar-refractivity contribution is 7.89. The summed E-state index contributed by atoms with van der Waals surface area (Å²) >= 11 is 1.55. The van der Waals surface area contributed by atoms with Crippen molar-refractivity contribution in [1.82, 2.24) is 9.29 Å². The Bertz CT molecular complexity index is 952. The lowest BCUT2D eigenvalue weighted by Crippen LogP contribution is -2.35. The first kappa shape index (κ1) is 20.7. The maximum Gasteiger partial charge on any atom is 0.293 e. The second kappa shape index (κ2) is 8.54. The maximum absolute atomic E-state index is 12.8. The molecule has 0 saturated carbocycles. The largest absolute Gasteiger partial charge is 0.371 e. The van der Waals surface area contributed by atoms with Crippen molar-refractivity contribution >= 4 is 32.7 Å². The Balaban J connectivity index is 1.87. The number of anilines is 1. The Morgan fingerprint density at radius 2 is 2.04 bits per heavy atom. The second-order valence-electron chi connectivity index (χ2n) is 6.79. The number of sulfonamides is 1. The van der Waals surface area contributed by atoms with E-state index in [4.69, 9.17) is 0 Å². The van der Waals surface area contributed by atoms with E-state index in [1.807, 2.05) is 13.8 Å². The van der Waals surface area contributed by atoms with Gasteiger partial charge in [0.05, 0.1) is 15.9 Å². The number of aromatic nitrogens is 1. The van der Waals surface area contributed by atoms with E-state index in [-0.39, 0.29) is 22.3 Å². The zero-order valence-electron chi connectivity index (χ0n) is 15.9. The molecule has 1 atom stereocenters. The lowest BCUT2D eigenvalue weighted by atomic mass is 10.2. The van der Waals surface area contributed by atoms with Gasteiger partial charge in [-0.25, -0.2) is 13.4 Å². The van der Waals surface area contributed by atoms with Crippen molar-refractivity contribution in [3.63, 3.8) is 0 Å². The standard InChI is InChI=1S/C18H24N4O4S2/c1-3-14-12-19-18(27-14)13(2)20-16-8-7-15(11-17(16)22(23)24)28(25,26)21-9-5-4-6-10-21/h7-8,11-13,20H,3-6,9-10H2,1-2H3. The third-order valence-electron chi connectivity index (χ3n) is 4.78. The maximum atomic E-state index is 12.8. The highest BCUT2D eigenvalue weighted by Crippen LogP contribution is 2.33. The summed E-state index contributed by atoms with van der Waals surface area (Å²) in [4.78, 5) is 16.5. The molecule has 28 heavy (non-hydrogen) atoms. The van der Waals surface area contributed by atoms with Crippen LogP contribution in [0.4, 0.5) is 11.4 Å². The molecule has 8 nitrogen and oxygen atoms in total. The van der Waals surface area contributed by atoms with Crippen LogP contribution in [-0.2, 0) is 16.4 Å². The van der Waals surface area contributed by atoms with Crippen LogP contribution in [0.15, 0.2) is 29.3 Å². The molecular formula is C18H24N4O4S2. The summed E-state index contributed by atoms with van der Waals surface area (Å²) in [6.07, 6.45) is 5.32. The van der Waals surface area contributed by atoms with Crippen molar-refractivity contribution in [2.24, 2.45) is 0 Å². The molecule has 1 aliphatic rings. The van der Waals surface area contributed by atoms with Gasteiger partial charge >= 0.3 is 0 Å². The predicted molar refractivity (Wildman–Crippen MR) is 109 cm³/mol. The van der Waals surface area contributed by atoms with Crippen molar-refractivity contribution in [3.05, 3.63) is 44.4 Å². The molecule has 1 aromatic heterocycles. The van der Waals surface area contributed by atoms with Gasteiger partial charge in [0.15, 0.2) is 0 Å². The third-order valence-corrected chi connectivity index (χ3v) is 8.00. The van der Waals surface area contributed by atoms with E-state index in [1.54, 1.807) is 17.5 Å². The van der Waals surface area contributed by atoms with Crippen LogP contribution in [0.3, 0.4) is 0 Å². The third kappa shape index (κ3) is 4.34. The average Bonchev–Trinajstić information content (AvgIpc) is 3.18. The number of thiazole rings is 1. The van der Waals surface area contributed by atoms with Gasteiger partial charge in [0.1, 0.15) is 10.7 Å². The molecule has 1 unspecified atom stereocenters. The smallest absolute Gasteiger partial charge is 0.293 e. The van der Waals surface area contributed by atoms with Crippen LogP contribution in [0.1, 0.15) is 49.0 Å². The summed E-state index contributed by atoms with van der Waals surface area (Å²) in [5.41, 5.74) is 0.0283. The Morgan fingerprint density at radius 3 is 2.64 bits per heavy atom. The molecule has 0 amide bonds. The normalized spacial score (nSPS) is 16.6. The Morgan fingerprint density at radius 1 is 1.32 bits per heavy atom. The number of aryl methyl sites for hydroxylation is 1. The van der Waals surface area contributed by atoms with Gasteiger partial charge in [-0.05, 0) is 38.3 Å². The number of nitrogens with zero attached hydrogens (tertiary/aromatic N) is 3. The summed E-state index contributed by atoms with van der Waals surface area (Å²) < 4.78 is 27.1. The van der Waals surface area contributed by atoms with Gasteiger partial charge in [0, 0.05) is 30.2 Å². The van der Waals surface area contributed by atoms with Crippen LogP contribution in [0.5, 0.6) is 0 Å². The van der Waals surface area contributed by atoms with Crippen LogP contribution in [-0.4, -0.2) is 35.7 Å². The van der Waals surface area contributed by atoms with Gasteiger partial charge in [-0.2, -0.15) is 4.31 Å². The molecule has 1 saturated heterocycles. The monoisotopic (exact) mass is 424 g/mol. The minimum absolute atomic E-state index is 0.0400. The molecule has 0 bridgehead atoms. The van der Waals surface area contributed by atoms with E-state index in [2.05, 4.69) is 10.3 Å². The molecule has 3 rings (SSSR count). The lowest BCUT2D eigenvalue weighted by Gasteiger charge is -2.26. The first-order valence-corrected chi connectivity index (χ1v) is 11.6. The van der Waals surface area contributed by atoms with Crippen molar-refractivity contribution < 1.29 is 13.3 Å². The van der Waals surface area contributed by atoms with Gasteiger partial charge in [-0.3, -0.25) is 10.1 Å². The fraction of sp³-hybridized carbons (Fsp3) is 0.500. The molecule has 2 heterocycles. The van der Waals surface area contributed by atoms with Crippen molar-refractivity contribution in [2.75, 3.05) is 18.4 Å². The van der Waals surface area contributed by atoms with Gasteiger partial charge in [0.25, 0.3) is 5.69 Å². The SMILES string of the molecule is CCc1cnc(C(C)Nc2ccc(S(=O)(=O)N3CCCCC3)cc2[N+](=O)[O-])s1. The molecular weight excluding hydrogens is 400 g/mol. The highest BCUT2D eigenvalue weighted by Gasteiger charge is 2.29. The summed E-state index contributed by atoms with van der Waals surface area (Å²) in [5.74, 6) is 0. The van der Waals surface area contributed by atoms with Crippen LogP contribution in [0, 0.1) is 10.1 Å². The lowest BCUT2D eigenvalue weighted by molar-refractivity contribution is -0.384. The summed E-state index contributed by atoms with van der Waals surface area (Å²) in [6, 6.07) is 3.83. The van der Waals surface area contributed by atoms with Crippen LogP contribution < -0.4 is 5.32 Å². The number of piperidine rings is 1. The molecule has 152 valence electrons. The first-order valence-electron chi connectivity index (χ1n) is 9.32. The van der Waals surface area contributed by atoms with Crippen molar-refractivity contribution in [3.8, 4) is 0 Å². The minimum Gasteiger partial charge on any atom is -0.371 e. The van der Waals surface area contributed by atoms with Gasteiger partial charge in [-0.1, -0.05) is 13.3 Å². The molecule has 1 aromatic carbocycles. The Labute approximate surface area is 168 Å². The van der Waals surface area contributed by atoms with Gasteiger partial charge < -0.3 is 5.32 Å². The number of nitro benzene ring substituents is 1. The molecule has 1 N–H and O–H groups in total. The second-order valence-corrected chi connectivity index (χ2v) is 9.87. The average molecular weight is 425 g/mol. The van der Waals surface area contributed by atoms with Gasteiger partial charge in [-0.15, -0.1) is 11.3 Å². The van der Waals surface area contributed by atoms with E-state index in [9.17, 15) is 18.5 Å². The number of hydrogen-bond donors (Lipinski definition) is 1. The van der Waals surface area contributed by atoms with E-state index >= 15 is 0 Å². The van der Waals surface area contributed by atoms with E-state index in [0.717, 1.165) is 41.6 Å². The highest BCUT2D eigenvalue weighted by atomic mass is 32.2. The van der Waals surface area contributed by atoms with E-state index < -0.39 is 14.9 Å². The zero-order chi connectivity index (χ0) is 20.3. The Kier molecular flexibility index (Phi) is 6.31. The van der Waals surface area contributed by atoms with E-state index in [0.29, 0.717) is 13.1 Å². The number of hydrogen-bond acceptors (Lipinski definition) is 7. The zero-order valence-corrected chi connectivity index (χ0v) is 17.6. The molecule has 1 aliphatic heterocycles. The topological polar surface area (TPSA) is 105 Å². The summed E-state index contributed by atoms with van der Waals surface area (Å²) in [6.45, 7) is 4.83. The fourth-order valence-corrected chi connectivity index (χ4v) is 5.58. The molecule has 1 fully saturated rings. The Hall–Kier alpha value is -2.04. The number of rotatable bonds is 7. The van der Waals surface area contributed by atoms with Crippen molar-refractivity contribution in [2.45, 2.75) is 50.5 Å². The quantitative estimate of drug-likeness (QED) is 0.533. The minimum atomic E-state index is -3.72. The summed E-state index contributed by atoms with van der Waals surface area (Å²) in [7, 11) is -3.72. The number of nitrogens with one attached hydrogen (secondary N) is 1. The van der Waals surface area contributed by atoms with Crippen LogP contribution in [0.25, 0.3) is 0 Å². The number of nitro groups is 1. The molecule has 0 radical (unpaired) electrons. The fourth-order valence-electron chi connectivity index (χ4n) is 3.18. The van der Waals surface area contributed by atoms with Crippen molar-refractivity contribution in [1.29, 1.82) is 0 Å². The van der Waals surface area contributed by atoms with Gasteiger partial charge in [0.2, 0.25) is 10.0 Å². The van der Waals surface area contributed by atoms with E-state index in [1.165, 1.54) is 16.4 Å².